The predicted molar refractivity (Wildman–Crippen MR) is 71.6 cm³/mol. The van der Waals surface area contributed by atoms with Crippen LogP contribution >= 0.6 is 0 Å². The average Bonchev–Trinajstić information content (AvgIpc) is 2.88. The molecule has 0 unspecified atom stereocenters. The molecular formula is C16H22Ru. The topological polar surface area (TPSA) is 0 Å². The Hall–Kier alpha value is -0.417. The summed E-state index contributed by atoms with van der Waals surface area (Å²) in [5.41, 5.74) is 0. The van der Waals surface area contributed by atoms with Crippen molar-refractivity contribution < 1.29 is 17.1 Å². The summed E-state index contributed by atoms with van der Waals surface area (Å²) in [6.45, 7) is 9.41. The van der Waals surface area contributed by atoms with Gasteiger partial charge in [0, 0.05) is 0 Å². The number of rotatable bonds is 4. The minimum absolute atomic E-state index is 0.230. The standard InChI is InChI=1S/2C8H11.Ru/c2*1-7(2)8-5-3-4-6-8;/h2*3-7H,1-2H3;. The van der Waals surface area contributed by atoms with Gasteiger partial charge in [0.25, 0.3) is 0 Å². The van der Waals surface area contributed by atoms with Gasteiger partial charge in [0.2, 0.25) is 0 Å². The first-order valence-electron chi connectivity index (χ1n) is 6.40. The maximum atomic E-state index is 2.43. The van der Waals surface area contributed by atoms with E-state index in [9.17, 15) is 0 Å². The molecule has 0 aromatic rings. The molecule has 0 N–H and O–H groups in total. The molecule has 17 heavy (non-hydrogen) atoms. The molecule has 0 aliphatic heterocycles. The first kappa shape index (κ1) is 13.0. The Morgan fingerprint density at radius 2 is 0.941 bits per heavy atom. The van der Waals surface area contributed by atoms with E-state index in [1.165, 1.54) is 0 Å². The quantitative estimate of drug-likeness (QED) is 0.644. The summed E-state index contributed by atoms with van der Waals surface area (Å²) in [6, 6.07) is 0. The van der Waals surface area contributed by atoms with Crippen LogP contribution in [0.4, 0.5) is 0 Å². The Balaban J connectivity index is 2.30. The zero-order valence-electron chi connectivity index (χ0n) is 11.1. The first-order chi connectivity index (χ1) is 8.01. The zero-order valence-corrected chi connectivity index (χ0v) is 12.9. The van der Waals surface area contributed by atoms with Crippen LogP contribution in [0, 0.1) is 11.8 Å². The Kier molecular flexibility index (Phi) is 3.59. The molecule has 0 bridgehead atoms. The minimum atomic E-state index is 0.230. The molecule has 0 amide bonds. The maximum absolute atomic E-state index is 2.43. The van der Waals surface area contributed by atoms with E-state index < -0.39 is 0 Å². The number of hydrogen-bond donors (Lipinski definition) is 0. The Bertz CT molecular complexity index is 332. The van der Waals surface area contributed by atoms with Crippen molar-refractivity contribution in [3.8, 4) is 0 Å². The third kappa shape index (κ3) is 2.27. The van der Waals surface area contributed by atoms with Crippen molar-refractivity contribution in [2.75, 3.05) is 0 Å². The summed E-state index contributed by atoms with van der Waals surface area (Å²) in [5, 5.41) is 0. The van der Waals surface area contributed by atoms with Gasteiger partial charge >= 0.3 is 113 Å². The van der Waals surface area contributed by atoms with E-state index in [1.807, 2.05) is 0 Å². The summed E-state index contributed by atoms with van der Waals surface area (Å²) in [6.07, 6.45) is 18.6. The molecule has 0 fully saturated rings. The first-order valence-corrected chi connectivity index (χ1v) is 8.13. The van der Waals surface area contributed by atoms with Gasteiger partial charge in [0.1, 0.15) is 0 Å². The van der Waals surface area contributed by atoms with Crippen LogP contribution in [-0.4, -0.2) is 0 Å². The monoisotopic (exact) mass is 316 g/mol. The molecule has 0 aromatic carbocycles. The number of allylic oxidation sites excluding steroid dienone is 8. The van der Waals surface area contributed by atoms with Crippen molar-refractivity contribution in [3.63, 3.8) is 0 Å². The van der Waals surface area contributed by atoms with Crippen LogP contribution in [0.5, 0.6) is 0 Å². The average molecular weight is 315 g/mol. The molecule has 2 aliphatic carbocycles. The van der Waals surface area contributed by atoms with Gasteiger partial charge in [-0.2, -0.15) is 0 Å². The van der Waals surface area contributed by atoms with Crippen molar-refractivity contribution >= 4 is 0 Å². The van der Waals surface area contributed by atoms with E-state index in [-0.39, 0.29) is 17.1 Å². The van der Waals surface area contributed by atoms with Crippen LogP contribution in [0.3, 0.4) is 0 Å². The van der Waals surface area contributed by atoms with E-state index in [2.05, 4.69) is 76.3 Å². The van der Waals surface area contributed by atoms with Crippen LogP contribution in [-0.2, 0) is 17.1 Å². The van der Waals surface area contributed by atoms with Crippen LogP contribution in [0.15, 0.2) is 48.6 Å². The molecular weight excluding hydrogens is 293 g/mol. The van der Waals surface area contributed by atoms with Gasteiger partial charge in [0.15, 0.2) is 0 Å². The fraction of sp³-hybridized carbons (Fsp3) is 0.500. The van der Waals surface area contributed by atoms with Crippen LogP contribution in [0.25, 0.3) is 0 Å². The van der Waals surface area contributed by atoms with Crippen molar-refractivity contribution in [3.05, 3.63) is 48.6 Å². The van der Waals surface area contributed by atoms with Crippen molar-refractivity contribution in [1.29, 1.82) is 0 Å². The summed E-state index contributed by atoms with van der Waals surface area (Å²) < 4.78 is 0.659. The van der Waals surface area contributed by atoms with E-state index >= 15 is 0 Å². The zero-order chi connectivity index (χ0) is 12.5. The third-order valence-corrected chi connectivity index (χ3v) is 8.33. The Morgan fingerprint density at radius 1 is 0.647 bits per heavy atom. The van der Waals surface area contributed by atoms with Crippen molar-refractivity contribution in [2.24, 2.45) is 11.8 Å². The van der Waals surface area contributed by atoms with Gasteiger partial charge in [-0.3, -0.25) is 0 Å². The van der Waals surface area contributed by atoms with Crippen LogP contribution in [0.1, 0.15) is 27.7 Å². The molecule has 0 heterocycles. The Labute approximate surface area is 113 Å². The van der Waals surface area contributed by atoms with Gasteiger partial charge in [-0.15, -0.1) is 0 Å². The normalized spacial score (nSPS) is 23.6. The molecule has 94 valence electrons. The number of hydrogen-bond acceptors (Lipinski definition) is 0. The van der Waals surface area contributed by atoms with Gasteiger partial charge in [-0.25, -0.2) is 0 Å². The second kappa shape index (κ2) is 4.69. The summed E-state index contributed by atoms with van der Waals surface area (Å²) in [7, 11) is 0. The fourth-order valence-corrected chi connectivity index (χ4v) is 5.83. The van der Waals surface area contributed by atoms with E-state index in [0.717, 1.165) is 0 Å². The summed E-state index contributed by atoms with van der Waals surface area (Å²) in [4.78, 5) is 0. The molecule has 0 radical (unpaired) electrons. The third-order valence-electron chi connectivity index (χ3n) is 3.66. The molecule has 0 spiro atoms. The van der Waals surface area contributed by atoms with Gasteiger partial charge < -0.3 is 0 Å². The molecule has 1 heteroatoms. The molecule has 0 aromatic heterocycles. The second-order valence-corrected chi connectivity index (χ2v) is 8.89. The molecule has 0 saturated carbocycles. The van der Waals surface area contributed by atoms with Gasteiger partial charge in [0.05, 0.1) is 0 Å². The summed E-state index contributed by atoms with van der Waals surface area (Å²) >= 11 is 0.230. The van der Waals surface area contributed by atoms with Crippen molar-refractivity contribution in [2.45, 2.75) is 35.7 Å². The van der Waals surface area contributed by atoms with E-state index in [4.69, 9.17) is 0 Å². The van der Waals surface area contributed by atoms with Gasteiger partial charge in [-0.05, 0) is 0 Å². The van der Waals surface area contributed by atoms with Crippen LogP contribution < -0.4 is 0 Å². The predicted octanol–water partition coefficient (Wildman–Crippen LogP) is 4.95. The second-order valence-electron chi connectivity index (χ2n) is 5.45. The molecule has 2 aliphatic rings. The molecule has 0 saturated heterocycles. The van der Waals surface area contributed by atoms with Crippen molar-refractivity contribution in [1.82, 2.24) is 0 Å². The van der Waals surface area contributed by atoms with E-state index in [0.29, 0.717) is 19.9 Å². The van der Waals surface area contributed by atoms with Crippen LogP contribution in [0.2, 0.25) is 8.02 Å². The Morgan fingerprint density at radius 3 is 1.18 bits per heavy atom. The summed E-state index contributed by atoms with van der Waals surface area (Å²) in [5.74, 6) is 1.38. The SMILES string of the molecule is CC(C)[C]1([Ru][C]2(C(C)C)C=CC=C2)C=CC=C1. The fourth-order valence-electron chi connectivity index (χ4n) is 2.27. The molecule has 0 atom stereocenters. The molecule has 2 rings (SSSR count). The molecule has 0 nitrogen and oxygen atoms in total. The van der Waals surface area contributed by atoms with E-state index in [1.54, 1.807) is 0 Å². The van der Waals surface area contributed by atoms with Gasteiger partial charge in [-0.1, -0.05) is 0 Å².